The Bertz CT molecular complexity index is 1030. The first kappa shape index (κ1) is 24.5. The molecular formula is C21H21F6N3O3. The second-order valence-electron chi connectivity index (χ2n) is 8.28. The lowest BCUT2D eigenvalue weighted by Crippen LogP contribution is -2.39. The topological polar surface area (TPSA) is 56.6 Å². The van der Waals surface area contributed by atoms with Crippen LogP contribution in [0.5, 0.6) is 5.75 Å². The van der Waals surface area contributed by atoms with Gasteiger partial charge in [0.1, 0.15) is 11.4 Å². The summed E-state index contributed by atoms with van der Waals surface area (Å²) in [7, 11) is 0. The van der Waals surface area contributed by atoms with Gasteiger partial charge in [-0.15, -0.1) is 13.2 Å². The molecule has 1 aromatic carbocycles. The van der Waals surface area contributed by atoms with E-state index in [0.29, 0.717) is 5.57 Å². The molecule has 0 aliphatic carbocycles. The molecule has 0 N–H and O–H groups in total. The van der Waals surface area contributed by atoms with Crippen LogP contribution >= 0.6 is 0 Å². The van der Waals surface area contributed by atoms with E-state index in [0.717, 1.165) is 35.1 Å². The van der Waals surface area contributed by atoms with Crippen molar-refractivity contribution in [2.75, 3.05) is 13.1 Å². The van der Waals surface area contributed by atoms with Gasteiger partial charge < -0.3 is 14.4 Å². The molecule has 0 saturated carbocycles. The molecule has 0 saturated heterocycles. The highest BCUT2D eigenvalue weighted by atomic mass is 19.4. The lowest BCUT2D eigenvalue weighted by atomic mass is 10.00. The number of aromatic nitrogens is 2. The molecule has 0 atom stereocenters. The summed E-state index contributed by atoms with van der Waals surface area (Å²) < 4.78 is 87.8. The minimum absolute atomic E-state index is 0.0657. The maximum Gasteiger partial charge on any atom is 0.573 e. The number of hydrogen-bond donors (Lipinski definition) is 0. The van der Waals surface area contributed by atoms with Crippen LogP contribution in [0.15, 0.2) is 36.5 Å². The smallest absolute Gasteiger partial charge is 0.444 e. The van der Waals surface area contributed by atoms with Gasteiger partial charge in [0.2, 0.25) is 0 Å². The normalized spacial score (nSPS) is 15.3. The maximum absolute atomic E-state index is 13.6. The van der Waals surface area contributed by atoms with Crippen LogP contribution in [0, 0.1) is 0 Å². The van der Waals surface area contributed by atoms with Crippen LogP contribution in [0.1, 0.15) is 38.4 Å². The van der Waals surface area contributed by atoms with E-state index in [9.17, 15) is 31.1 Å². The van der Waals surface area contributed by atoms with Gasteiger partial charge in [-0.25, -0.2) is 9.48 Å². The van der Waals surface area contributed by atoms with Gasteiger partial charge in [0, 0.05) is 24.8 Å². The number of alkyl halides is 6. The van der Waals surface area contributed by atoms with Gasteiger partial charge in [0.25, 0.3) is 0 Å². The van der Waals surface area contributed by atoms with Crippen molar-refractivity contribution in [3.8, 4) is 11.4 Å². The number of ether oxygens (including phenoxy) is 2. The Morgan fingerprint density at radius 2 is 1.67 bits per heavy atom. The summed E-state index contributed by atoms with van der Waals surface area (Å²) in [5.74, 6) is -0.508. The Labute approximate surface area is 185 Å². The monoisotopic (exact) mass is 477 g/mol. The number of amides is 1. The molecule has 1 aliphatic heterocycles. The first-order chi connectivity index (χ1) is 15.1. The Hall–Kier alpha value is -3.18. The number of carbonyl (C=O) groups excluding carboxylic acids is 1. The van der Waals surface area contributed by atoms with Crippen molar-refractivity contribution in [1.29, 1.82) is 0 Å². The lowest BCUT2D eigenvalue weighted by molar-refractivity contribution is -0.274. The summed E-state index contributed by atoms with van der Waals surface area (Å²) in [5, 5.41) is 3.62. The van der Waals surface area contributed by atoms with Crippen LogP contribution in [0.25, 0.3) is 11.3 Å². The van der Waals surface area contributed by atoms with Gasteiger partial charge in [-0.2, -0.15) is 18.3 Å². The van der Waals surface area contributed by atoms with Crippen molar-refractivity contribution in [3.63, 3.8) is 0 Å². The van der Waals surface area contributed by atoms with Gasteiger partial charge in [-0.3, -0.25) is 0 Å². The fraction of sp³-hybridized carbons (Fsp3) is 0.429. The Morgan fingerprint density at radius 3 is 2.15 bits per heavy atom. The zero-order valence-electron chi connectivity index (χ0n) is 17.9. The van der Waals surface area contributed by atoms with Gasteiger partial charge in [0.05, 0.1) is 5.69 Å². The van der Waals surface area contributed by atoms with Crippen molar-refractivity contribution in [3.05, 3.63) is 47.8 Å². The zero-order valence-corrected chi connectivity index (χ0v) is 17.9. The number of rotatable bonds is 3. The second kappa shape index (κ2) is 8.64. The highest BCUT2D eigenvalue weighted by Crippen LogP contribution is 2.37. The van der Waals surface area contributed by atoms with Crippen LogP contribution in [0.4, 0.5) is 31.1 Å². The standard InChI is InChI=1S/C21H21F6N3O3/c1-19(2,3)33-18(31)29-10-8-13(9-11-29)16-12-30(28-17(16)20(22,23)24)14-4-6-15(7-5-14)32-21(25,26)27/h4-8,12H,9-11H2,1-3H3. The van der Waals surface area contributed by atoms with Gasteiger partial charge in [-0.05, 0) is 57.0 Å². The largest absolute Gasteiger partial charge is 0.573 e. The quantitative estimate of drug-likeness (QED) is 0.524. The van der Waals surface area contributed by atoms with Crippen LogP contribution in [-0.2, 0) is 10.9 Å². The second-order valence-corrected chi connectivity index (χ2v) is 8.28. The minimum atomic E-state index is -4.88. The van der Waals surface area contributed by atoms with E-state index in [1.165, 1.54) is 11.0 Å². The number of hydrogen-bond acceptors (Lipinski definition) is 4. The molecule has 2 aromatic rings. The molecule has 180 valence electrons. The summed E-state index contributed by atoms with van der Waals surface area (Å²) >= 11 is 0. The maximum atomic E-state index is 13.6. The molecule has 6 nitrogen and oxygen atoms in total. The Morgan fingerprint density at radius 1 is 1.03 bits per heavy atom. The zero-order chi connectivity index (χ0) is 24.6. The van der Waals surface area contributed by atoms with Crippen molar-refractivity contribution >= 4 is 11.7 Å². The molecule has 1 amide bonds. The summed E-state index contributed by atoms with van der Waals surface area (Å²) in [4.78, 5) is 13.6. The molecule has 0 radical (unpaired) electrons. The molecule has 0 unspecified atom stereocenters. The van der Waals surface area contributed by atoms with E-state index in [-0.39, 0.29) is 30.8 Å². The molecule has 1 aromatic heterocycles. The third kappa shape index (κ3) is 6.42. The molecular weight excluding hydrogens is 456 g/mol. The Kier molecular flexibility index (Phi) is 6.40. The fourth-order valence-electron chi connectivity index (χ4n) is 3.16. The highest BCUT2D eigenvalue weighted by Gasteiger charge is 2.39. The first-order valence-corrected chi connectivity index (χ1v) is 9.83. The van der Waals surface area contributed by atoms with E-state index in [4.69, 9.17) is 4.74 Å². The SMILES string of the molecule is CC(C)(C)OC(=O)N1CC=C(c2cn(-c3ccc(OC(F)(F)F)cc3)nc2C(F)(F)F)CC1. The van der Waals surface area contributed by atoms with E-state index in [2.05, 4.69) is 9.84 Å². The molecule has 1 aliphatic rings. The van der Waals surface area contributed by atoms with Crippen LogP contribution in [0.2, 0.25) is 0 Å². The first-order valence-electron chi connectivity index (χ1n) is 9.83. The third-order valence-electron chi connectivity index (χ3n) is 4.52. The molecule has 0 fully saturated rings. The molecule has 12 heteroatoms. The predicted molar refractivity (Wildman–Crippen MR) is 106 cm³/mol. The average molecular weight is 477 g/mol. The number of halogens is 6. The number of benzene rings is 1. The van der Waals surface area contributed by atoms with Crippen molar-refractivity contribution in [1.82, 2.24) is 14.7 Å². The number of carbonyl (C=O) groups is 1. The van der Waals surface area contributed by atoms with Crippen LogP contribution in [0.3, 0.4) is 0 Å². The number of nitrogens with zero attached hydrogens (tertiary/aromatic N) is 3. The summed E-state index contributed by atoms with van der Waals surface area (Å²) in [6.07, 6.45) is -7.40. The molecule has 2 heterocycles. The average Bonchev–Trinajstić information content (AvgIpc) is 3.12. The van der Waals surface area contributed by atoms with E-state index >= 15 is 0 Å². The van der Waals surface area contributed by atoms with Crippen molar-refractivity contribution in [2.45, 2.75) is 45.3 Å². The molecule has 0 spiro atoms. The van der Waals surface area contributed by atoms with Gasteiger partial charge >= 0.3 is 18.6 Å². The lowest BCUT2D eigenvalue weighted by Gasteiger charge is -2.29. The van der Waals surface area contributed by atoms with Gasteiger partial charge in [0.15, 0.2) is 5.69 Å². The predicted octanol–water partition coefficient (Wildman–Crippen LogP) is 5.81. The summed E-state index contributed by atoms with van der Waals surface area (Å²) in [6, 6.07) is 4.29. The third-order valence-corrected chi connectivity index (χ3v) is 4.52. The van der Waals surface area contributed by atoms with E-state index < -0.39 is 35.7 Å². The van der Waals surface area contributed by atoms with Crippen molar-refractivity contribution in [2.24, 2.45) is 0 Å². The molecule has 33 heavy (non-hydrogen) atoms. The Balaban J connectivity index is 1.86. The van der Waals surface area contributed by atoms with Crippen LogP contribution in [-0.4, -0.2) is 45.8 Å². The minimum Gasteiger partial charge on any atom is -0.444 e. The van der Waals surface area contributed by atoms with E-state index in [1.807, 2.05) is 0 Å². The van der Waals surface area contributed by atoms with E-state index in [1.54, 1.807) is 20.8 Å². The fourth-order valence-corrected chi connectivity index (χ4v) is 3.16. The molecule has 3 rings (SSSR count). The molecule has 0 bridgehead atoms. The summed E-state index contributed by atoms with van der Waals surface area (Å²) in [5.41, 5.74) is -1.53. The highest BCUT2D eigenvalue weighted by molar-refractivity contribution is 5.73. The van der Waals surface area contributed by atoms with Gasteiger partial charge in [-0.1, -0.05) is 6.08 Å². The van der Waals surface area contributed by atoms with Crippen molar-refractivity contribution < 1.29 is 40.6 Å². The summed E-state index contributed by atoms with van der Waals surface area (Å²) in [6.45, 7) is 5.36. The van der Waals surface area contributed by atoms with Crippen LogP contribution < -0.4 is 4.74 Å².